The van der Waals surface area contributed by atoms with Gasteiger partial charge in [0.2, 0.25) is 0 Å². The molecule has 0 saturated carbocycles. The minimum Gasteiger partial charge on any atom is -0.260 e. The van der Waals surface area contributed by atoms with Crippen molar-refractivity contribution in [3.63, 3.8) is 0 Å². The number of nitrogens with one attached hydrogen (secondary N) is 1. The normalized spacial score (nSPS) is 17.9. The molecule has 0 saturated heterocycles. The summed E-state index contributed by atoms with van der Waals surface area (Å²) in [5.74, 6) is 0. The molecule has 0 radical (unpaired) electrons. The van der Waals surface area contributed by atoms with Gasteiger partial charge in [-0.2, -0.15) is 26.3 Å². The molecule has 4 nitrogen and oxygen atoms in total. The van der Waals surface area contributed by atoms with Gasteiger partial charge in [0, 0.05) is 21.8 Å². The van der Waals surface area contributed by atoms with Crippen LogP contribution >= 0.6 is 0 Å². The zero-order valence-corrected chi connectivity index (χ0v) is 9.44. The molecule has 0 heterocycles. The molecule has 16 heavy (non-hydrogen) atoms. The highest BCUT2D eigenvalue weighted by Gasteiger charge is 2.60. The third-order valence-electron chi connectivity index (χ3n) is 1.33. The summed E-state index contributed by atoms with van der Waals surface area (Å²) in [6.07, 6.45) is -0.277. The zero-order chi connectivity index (χ0) is 13.7. The van der Waals surface area contributed by atoms with Gasteiger partial charge in [-0.15, -0.1) is 4.13 Å². The van der Waals surface area contributed by atoms with E-state index >= 15 is 0 Å². The quantitative estimate of drug-likeness (QED) is 0.771. The average Bonchev–Trinajstić information content (AvgIpc) is 1.74. The average molecular weight is 295 g/mol. The van der Waals surface area contributed by atoms with Crippen molar-refractivity contribution >= 4 is 19.3 Å². The fourth-order valence-electron chi connectivity index (χ4n) is 0.414. The molecule has 0 atom stereocenters. The van der Waals surface area contributed by atoms with Crippen LogP contribution in [0.4, 0.5) is 26.3 Å². The smallest absolute Gasteiger partial charge is 0.260 e. The van der Waals surface area contributed by atoms with E-state index in [1.54, 1.807) is 0 Å². The lowest BCUT2D eigenvalue weighted by Gasteiger charge is -2.36. The summed E-state index contributed by atoms with van der Waals surface area (Å²) < 4.78 is 104. The molecular formula is C4H7F6NO3S2. The largest absolute Gasteiger partial charge is 0.512 e. The third kappa shape index (κ3) is 2.85. The van der Waals surface area contributed by atoms with Crippen LogP contribution in [0, 0.1) is 0 Å². The van der Waals surface area contributed by atoms with Crippen LogP contribution in [0.3, 0.4) is 0 Å². The van der Waals surface area contributed by atoms with Crippen LogP contribution in [0.2, 0.25) is 0 Å². The molecule has 0 rings (SSSR count). The Morgan fingerprint density at radius 1 is 1.00 bits per heavy atom. The van der Waals surface area contributed by atoms with Crippen LogP contribution in [0.1, 0.15) is 0 Å². The van der Waals surface area contributed by atoms with Gasteiger partial charge < -0.3 is 0 Å². The van der Waals surface area contributed by atoms with Crippen molar-refractivity contribution in [2.45, 2.75) is 11.0 Å². The summed E-state index contributed by atoms with van der Waals surface area (Å²) in [5.41, 5.74) is -11.6. The number of rotatable bonds is 2. The van der Waals surface area contributed by atoms with E-state index in [0.29, 0.717) is 0 Å². The van der Waals surface area contributed by atoms with Crippen molar-refractivity contribution < 1.29 is 39.0 Å². The van der Waals surface area contributed by atoms with Crippen LogP contribution in [0.25, 0.3) is 0 Å². The summed E-state index contributed by atoms with van der Waals surface area (Å²) in [5, 5.41) is 0. The highest BCUT2D eigenvalue weighted by Crippen LogP contribution is 2.39. The first kappa shape index (κ1) is 15.6. The van der Waals surface area contributed by atoms with Gasteiger partial charge in [0.25, 0.3) is 0 Å². The van der Waals surface area contributed by atoms with Gasteiger partial charge in [-0.3, -0.25) is 4.21 Å². The maximum absolute atomic E-state index is 12.2. The van der Waals surface area contributed by atoms with Gasteiger partial charge in [-0.25, -0.2) is 8.42 Å². The lowest BCUT2D eigenvalue weighted by Crippen LogP contribution is -2.60. The van der Waals surface area contributed by atoms with Crippen LogP contribution in [-0.4, -0.2) is 36.2 Å². The molecule has 0 amide bonds. The van der Waals surface area contributed by atoms with Crippen LogP contribution in [0.5, 0.6) is 0 Å². The van der Waals surface area contributed by atoms with Crippen molar-refractivity contribution in [3.8, 4) is 0 Å². The number of halogens is 6. The van der Waals surface area contributed by atoms with Crippen molar-refractivity contribution in [2.24, 2.45) is 0 Å². The molecule has 0 aromatic heterocycles. The molecule has 0 aliphatic rings. The van der Waals surface area contributed by atoms with Gasteiger partial charge in [-0.05, 0) is 0 Å². The minimum atomic E-state index is -6.33. The molecule has 0 unspecified atom stereocenters. The van der Waals surface area contributed by atoms with Gasteiger partial charge in [0.1, 0.15) is 0 Å². The standard InChI is InChI=1S/C4H7F6NO3S2/c1-16(2,14,4(8,9)10)11-15(12,13)3(5,6)7/h1-2H3,(H,11,14). The first-order valence-electron chi connectivity index (χ1n) is 3.27. The first-order chi connectivity index (χ1) is 6.49. The summed E-state index contributed by atoms with van der Waals surface area (Å²) in [4.78, 5) is 0. The van der Waals surface area contributed by atoms with Crippen LogP contribution in [-0.2, 0) is 19.3 Å². The fourth-order valence-corrected chi connectivity index (χ4v) is 3.72. The fraction of sp³-hybridized carbons (Fsp3) is 1.00. The van der Waals surface area contributed by atoms with Gasteiger partial charge >= 0.3 is 21.0 Å². The zero-order valence-electron chi connectivity index (χ0n) is 7.81. The second kappa shape index (κ2) is 3.32. The number of sulfonamides is 1. The Balaban J connectivity index is 5.57. The third-order valence-corrected chi connectivity index (χ3v) is 6.10. The van der Waals surface area contributed by atoms with E-state index in [2.05, 4.69) is 0 Å². The van der Waals surface area contributed by atoms with Crippen LogP contribution < -0.4 is 4.13 Å². The van der Waals surface area contributed by atoms with Gasteiger partial charge in [0.15, 0.2) is 0 Å². The van der Waals surface area contributed by atoms with Gasteiger partial charge in [-0.1, -0.05) is 0 Å². The van der Waals surface area contributed by atoms with Gasteiger partial charge in [0.05, 0.1) is 0 Å². The van der Waals surface area contributed by atoms with E-state index in [-0.39, 0.29) is 16.6 Å². The predicted molar refractivity (Wildman–Crippen MR) is 44.2 cm³/mol. The molecule has 100 valence electrons. The summed E-state index contributed by atoms with van der Waals surface area (Å²) in [7, 11) is -12.5. The Bertz CT molecular complexity index is 439. The van der Waals surface area contributed by atoms with E-state index in [1.165, 1.54) is 0 Å². The lowest BCUT2D eigenvalue weighted by molar-refractivity contribution is -0.0482. The minimum absolute atomic E-state index is 0.138. The number of alkyl halides is 6. The van der Waals surface area contributed by atoms with Crippen molar-refractivity contribution in [1.82, 2.24) is 4.13 Å². The highest BCUT2D eigenvalue weighted by molar-refractivity contribution is 8.23. The van der Waals surface area contributed by atoms with E-state index in [1.807, 2.05) is 0 Å². The molecule has 0 aromatic carbocycles. The monoisotopic (exact) mass is 295 g/mol. The Labute approximate surface area is 86.6 Å². The second-order valence-electron chi connectivity index (χ2n) is 3.31. The molecule has 12 heteroatoms. The summed E-state index contributed by atoms with van der Waals surface area (Å²) in [6, 6.07) is 0. The van der Waals surface area contributed by atoms with Crippen molar-refractivity contribution in [3.05, 3.63) is 0 Å². The molecular weight excluding hydrogens is 288 g/mol. The maximum Gasteiger partial charge on any atom is 0.512 e. The van der Waals surface area contributed by atoms with E-state index in [4.69, 9.17) is 0 Å². The van der Waals surface area contributed by atoms with E-state index in [0.717, 1.165) is 0 Å². The van der Waals surface area contributed by atoms with Crippen molar-refractivity contribution in [2.75, 3.05) is 12.5 Å². The molecule has 0 spiro atoms. The SMILES string of the molecule is CS(C)(=O)(NS(=O)(=O)C(F)(F)F)C(F)(F)F. The Kier molecular flexibility index (Phi) is 3.25. The highest BCUT2D eigenvalue weighted by atomic mass is 32.3. The predicted octanol–water partition coefficient (Wildman–Crippen LogP) is 0.940. The second-order valence-corrected chi connectivity index (χ2v) is 9.56. The lowest BCUT2D eigenvalue weighted by atomic mass is 11.5. The first-order valence-corrected chi connectivity index (χ1v) is 7.53. The molecule has 0 bridgehead atoms. The Morgan fingerprint density at radius 2 is 1.31 bits per heavy atom. The number of hydrogen-bond acceptors (Lipinski definition) is 3. The molecule has 0 fully saturated rings. The Hall–Kier alpha value is -0.360. The molecule has 0 aliphatic carbocycles. The molecule has 0 aliphatic heterocycles. The summed E-state index contributed by atoms with van der Waals surface area (Å²) >= 11 is 0. The number of hydrogen-bond donors (Lipinski definition) is 1. The van der Waals surface area contributed by atoms with Crippen molar-refractivity contribution in [1.29, 1.82) is 0 Å². The van der Waals surface area contributed by atoms with E-state index in [9.17, 15) is 39.0 Å². The maximum atomic E-state index is 12.2. The van der Waals surface area contributed by atoms with E-state index < -0.39 is 30.3 Å². The summed E-state index contributed by atoms with van der Waals surface area (Å²) in [6.45, 7) is 0. The topological polar surface area (TPSA) is 63.2 Å². The Morgan fingerprint density at radius 3 is 1.50 bits per heavy atom. The molecule has 1 N–H and O–H groups in total. The van der Waals surface area contributed by atoms with Crippen LogP contribution in [0.15, 0.2) is 0 Å². The molecule has 0 aromatic rings.